The number of carbonyl (C=O) groups excluding carboxylic acids is 1. The highest BCUT2D eigenvalue weighted by Gasteiger charge is 2.20. The van der Waals surface area contributed by atoms with Gasteiger partial charge in [0.25, 0.3) is 5.91 Å². The molecule has 35 heavy (non-hydrogen) atoms. The number of nitrogens with one attached hydrogen (secondary N) is 1. The molecular weight excluding hydrogens is 460 g/mol. The molecule has 1 aliphatic carbocycles. The molecule has 6 nitrogen and oxygen atoms in total. The number of nitrogens with zero attached hydrogens (tertiary/aromatic N) is 1. The Balaban J connectivity index is 1.36. The summed E-state index contributed by atoms with van der Waals surface area (Å²) in [6.07, 6.45) is 3.24. The van der Waals surface area contributed by atoms with E-state index >= 15 is 0 Å². The fourth-order valence-electron chi connectivity index (χ4n) is 4.64. The van der Waals surface area contributed by atoms with Gasteiger partial charge in [-0.2, -0.15) is 0 Å². The van der Waals surface area contributed by atoms with Crippen LogP contribution in [0.2, 0.25) is 0 Å². The fourth-order valence-corrected chi connectivity index (χ4v) is 5.52. The first-order valence-corrected chi connectivity index (χ1v) is 13.2. The van der Waals surface area contributed by atoms with E-state index in [1.165, 1.54) is 34.2 Å². The number of ether oxygens (including phenoxy) is 1. The van der Waals surface area contributed by atoms with Crippen molar-refractivity contribution < 1.29 is 17.9 Å². The van der Waals surface area contributed by atoms with Crippen molar-refractivity contribution in [3.8, 4) is 5.75 Å². The molecule has 5 rings (SSSR count). The predicted octanol–water partition coefficient (Wildman–Crippen LogP) is 5.17. The monoisotopic (exact) mass is 486 g/mol. The van der Waals surface area contributed by atoms with Crippen LogP contribution in [0.4, 0.5) is 11.4 Å². The Kier molecular flexibility index (Phi) is 5.94. The number of aryl methyl sites for hydroxylation is 2. The maximum Gasteiger partial charge on any atom is 0.255 e. The minimum Gasteiger partial charge on any atom is -0.497 e. The highest BCUT2D eigenvalue weighted by atomic mass is 32.2. The molecule has 0 saturated carbocycles. The second kappa shape index (κ2) is 9.07. The number of benzene rings is 4. The Labute approximate surface area is 205 Å². The van der Waals surface area contributed by atoms with Gasteiger partial charge in [0.15, 0.2) is 0 Å². The van der Waals surface area contributed by atoms with E-state index in [0.717, 1.165) is 29.5 Å². The average molecular weight is 487 g/mol. The first-order valence-electron chi connectivity index (χ1n) is 11.4. The van der Waals surface area contributed by atoms with E-state index < -0.39 is 10.0 Å². The normalized spacial score (nSPS) is 12.5. The van der Waals surface area contributed by atoms with Crippen molar-refractivity contribution >= 4 is 38.1 Å². The predicted molar refractivity (Wildman–Crippen MR) is 140 cm³/mol. The minimum atomic E-state index is -3.53. The number of hydrogen-bond donors (Lipinski definition) is 1. The van der Waals surface area contributed by atoms with Gasteiger partial charge in [-0.3, -0.25) is 9.10 Å². The lowest BCUT2D eigenvalue weighted by Crippen LogP contribution is -2.29. The van der Waals surface area contributed by atoms with Crippen LogP contribution in [-0.2, 0) is 29.4 Å². The zero-order valence-corrected chi connectivity index (χ0v) is 20.4. The minimum absolute atomic E-state index is 0.142. The van der Waals surface area contributed by atoms with Crippen LogP contribution in [-0.4, -0.2) is 27.7 Å². The molecule has 0 fully saturated rings. The molecule has 1 aliphatic rings. The summed E-state index contributed by atoms with van der Waals surface area (Å²) in [6.45, 7) is 0.142. The Morgan fingerprint density at radius 3 is 2.37 bits per heavy atom. The molecule has 4 aromatic rings. The summed E-state index contributed by atoms with van der Waals surface area (Å²) in [7, 11) is -1.99. The van der Waals surface area contributed by atoms with Crippen molar-refractivity contribution in [3.63, 3.8) is 0 Å². The highest BCUT2D eigenvalue weighted by Crippen LogP contribution is 2.35. The highest BCUT2D eigenvalue weighted by molar-refractivity contribution is 7.92. The summed E-state index contributed by atoms with van der Waals surface area (Å²) < 4.78 is 31.5. The van der Waals surface area contributed by atoms with E-state index in [1.54, 1.807) is 48.5 Å². The largest absolute Gasteiger partial charge is 0.497 e. The SMILES string of the molecule is COc1cccc(N(Cc2ccc(C(=O)Nc3ccc4c5c(cccc35)CC4)cc2)S(C)(=O)=O)c1. The summed E-state index contributed by atoms with van der Waals surface area (Å²) in [5.74, 6) is 0.370. The van der Waals surface area contributed by atoms with Gasteiger partial charge in [-0.25, -0.2) is 8.42 Å². The number of anilines is 2. The van der Waals surface area contributed by atoms with E-state index in [4.69, 9.17) is 4.74 Å². The first kappa shape index (κ1) is 22.9. The van der Waals surface area contributed by atoms with Crippen LogP contribution in [0.15, 0.2) is 78.9 Å². The second-order valence-electron chi connectivity index (χ2n) is 8.73. The van der Waals surface area contributed by atoms with Crippen LogP contribution >= 0.6 is 0 Å². The van der Waals surface area contributed by atoms with E-state index in [1.807, 2.05) is 18.2 Å². The van der Waals surface area contributed by atoms with Crippen LogP contribution in [0.3, 0.4) is 0 Å². The zero-order chi connectivity index (χ0) is 24.6. The molecule has 1 amide bonds. The van der Waals surface area contributed by atoms with Gasteiger partial charge < -0.3 is 10.1 Å². The molecule has 0 unspecified atom stereocenters. The Morgan fingerprint density at radius 1 is 0.943 bits per heavy atom. The van der Waals surface area contributed by atoms with E-state index in [2.05, 4.69) is 17.4 Å². The molecule has 0 bridgehead atoms. The van der Waals surface area contributed by atoms with E-state index in [9.17, 15) is 13.2 Å². The van der Waals surface area contributed by atoms with Gasteiger partial charge in [-0.1, -0.05) is 42.5 Å². The number of sulfonamides is 1. The Hall–Kier alpha value is -3.84. The molecule has 0 radical (unpaired) electrons. The number of carbonyl (C=O) groups is 1. The van der Waals surface area contributed by atoms with Crippen molar-refractivity contribution in [1.82, 2.24) is 0 Å². The molecule has 0 saturated heterocycles. The van der Waals surface area contributed by atoms with Crippen LogP contribution < -0.4 is 14.4 Å². The van der Waals surface area contributed by atoms with Gasteiger partial charge in [-0.15, -0.1) is 0 Å². The Bertz CT molecular complexity index is 1520. The van der Waals surface area contributed by atoms with Crippen molar-refractivity contribution in [2.75, 3.05) is 23.0 Å². The lowest BCUT2D eigenvalue weighted by Gasteiger charge is -2.23. The van der Waals surface area contributed by atoms with Crippen LogP contribution in [0.5, 0.6) is 5.75 Å². The molecule has 4 aromatic carbocycles. The Morgan fingerprint density at radius 2 is 1.66 bits per heavy atom. The second-order valence-corrected chi connectivity index (χ2v) is 10.6. The maximum absolute atomic E-state index is 13.0. The summed E-state index contributed by atoms with van der Waals surface area (Å²) in [5.41, 5.74) is 5.22. The molecule has 1 N–H and O–H groups in total. The molecule has 178 valence electrons. The first-order chi connectivity index (χ1) is 16.8. The molecule has 0 aromatic heterocycles. The quantitative estimate of drug-likeness (QED) is 0.391. The van der Waals surface area contributed by atoms with E-state index in [0.29, 0.717) is 17.0 Å². The smallest absolute Gasteiger partial charge is 0.255 e. The standard InChI is InChI=1S/C28H26N2O4S/c1-34-24-7-4-6-23(17-24)30(35(2,32)33)18-19-9-11-22(12-10-19)28(31)29-26-16-15-21-14-13-20-5-3-8-25(26)27(20)21/h3-12,15-17H,13-14,18H2,1-2H3,(H,29,31). The topological polar surface area (TPSA) is 75.7 Å². The van der Waals surface area contributed by atoms with Gasteiger partial charge in [-0.05, 0) is 65.3 Å². The molecule has 7 heteroatoms. The average Bonchev–Trinajstić information content (AvgIpc) is 3.28. The number of hydrogen-bond acceptors (Lipinski definition) is 4. The van der Waals surface area contributed by atoms with Gasteiger partial charge >= 0.3 is 0 Å². The van der Waals surface area contributed by atoms with E-state index in [-0.39, 0.29) is 12.5 Å². The molecular formula is C28H26N2O4S. The van der Waals surface area contributed by atoms with Gasteiger partial charge in [0.05, 0.1) is 25.6 Å². The summed E-state index contributed by atoms with van der Waals surface area (Å²) >= 11 is 0. The van der Waals surface area contributed by atoms with Crippen LogP contribution in [0, 0.1) is 0 Å². The summed E-state index contributed by atoms with van der Waals surface area (Å²) in [6, 6.07) is 24.2. The fraction of sp³-hybridized carbons (Fsp3) is 0.179. The number of methoxy groups -OCH3 is 1. The van der Waals surface area contributed by atoms with Crippen LogP contribution in [0.25, 0.3) is 10.8 Å². The maximum atomic E-state index is 13.0. The third-order valence-electron chi connectivity index (χ3n) is 6.41. The molecule has 0 heterocycles. The van der Waals surface area contributed by atoms with Gasteiger partial charge in [0.2, 0.25) is 10.0 Å². The van der Waals surface area contributed by atoms with Crippen LogP contribution in [0.1, 0.15) is 27.0 Å². The van der Waals surface area contributed by atoms with Crippen molar-refractivity contribution in [3.05, 3.63) is 101 Å². The molecule has 0 atom stereocenters. The van der Waals surface area contributed by atoms with Gasteiger partial charge in [0, 0.05) is 22.7 Å². The third kappa shape index (κ3) is 4.59. The molecule has 0 aliphatic heterocycles. The number of amides is 1. The zero-order valence-electron chi connectivity index (χ0n) is 19.6. The van der Waals surface area contributed by atoms with Crippen molar-refractivity contribution in [2.24, 2.45) is 0 Å². The van der Waals surface area contributed by atoms with Crippen molar-refractivity contribution in [1.29, 1.82) is 0 Å². The lowest BCUT2D eigenvalue weighted by molar-refractivity contribution is 0.102. The lowest BCUT2D eigenvalue weighted by atomic mass is 10.0. The number of rotatable bonds is 7. The molecule has 0 spiro atoms. The summed E-state index contributed by atoms with van der Waals surface area (Å²) in [4.78, 5) is 13.0. The van der Waals surface area contributed by atoms with Gasteiger partial charge in [0.1, 0.15) is 5.75 Å². The third-order valence-corrected chi connectivity index (χ3v) is 7.55. The summed E-state index contributed by atoms with van der Waals surface area (Å²) in [5, 5.41) is 5.36. The van der Waals surface area contributed by atoms with Crippen molar-refractivity contribution in [2.45, 2.75) is 19.4 Å².